The summed E-state index contributed by atoms with van der Waals surface area (Å²) < 4.78 is 0. The van der Waals surface area contributed by atoms with Crippen molar-refractivity contribution >= 4 is 11.8 Å². The highest BCUT2D eigenvalue weighted by atomic mass is 16.2. The van der Waals surface area contributed by atoms with Crippen LogP contribution in [0.2, 0.25) is 0 Å². The lowest BCUT2D eigenvalue weighted by Crippen LogP contribution is -2.72. The number of hydrogen-bond donors (Lipinski definition) is 1. The third-order valence-corrected chi connectivity index (χ3v) is 6.00. The molecule has 4 atom stereocenters. The van der Waals surface area contributed by atoms with E-state index in [1.54, 1.807) is 0 Å². The summed E-state index contributed by atoms with van der Waals surface area (Å²) in [6.45, 7) is 6.04. The van der Waals surface area contributed by atoms with Crippen LogP contribution in [0, 0.1) is 11.8 Å². The Kier molecular flexibility index (Phi) is 3.74. The average molecular weight is 292 g/mol. The molecule has 118 valence electrons. The fraction of sp³-hybridized carbons (Fsp3) is 0.882. The van der Waals surface area contributed by atoms with Crippen LogP contribution in [-0.4, -0.2) is 34.3 Å². The van der Waals surface area contributed by atoms with Gasteiger partial charge in [0.1, 0.15) is 11.6 Å². The van der Waals surface area contributed by atoms with Crippen LogP contribution in [0.25, 0.3) is 0 Å². The van der Waals surface area contributed by atoms with Gasteiger partial charge in [-0.2, -0.15) is 0 Å². The van der Waals surface area contributed by atoms with Crippen LogP contribution >= 0.6 is 0 Å². The van der Waals surface area contributed by atoms with Crippen molar-refractivity contribution in [2.45, 2.75) is 83.3 Å². The molecule has 2 aliphatic carbocycles. The van der Waals surface area contributed by atoms with E-state index in [0.29, 0.717) is 11.8 Å². The molecule has 4 nitrogen and oxygen atoms in total. The lowest BCUT2D eigenvalue weighted by molar-refractivity contribution is -0.160. The second-order valence-corrected chi connectivity index (χ2v) is 7.37. The highest BCUT2D eigenvalue weighted by Crippen LogP contribution is 2.44. The molecule has 0 aromatic heterocycles. The lowest BCUT2D eigenvalue weighted by atomic mass is 9.79. The Balaban J connectivity index is 1.90. The molecule has 2 saturated carbocycles. The first-order valence-electron chi connectivity index (χ1n) is 8.63. The first-order chi connectivity index (χ1) is 9.99. The molecule has 1 heterocycles. The number of nitrogens with zero attached hydrogens (tertiary/aromatic N) is 1. The number of carbonyl (C=O) groups is 2. The molecule has 2 amide bonds. The summed E-state index contributed by atoms with van der Waals surface area (Å²) >= 11 is 0. The number of hydrogen-bond acceptors (Lipinski definition) is 2. The summed E-state index contributed by atoms with van der Waals surface area (Å²) in [5.74, 6) is 1.10. The first-order valence-corrected chi connectivity index (χ1v) is 8.63. The molecular formula is C17H28N2O2. The topological polar surface area (TPSA) is 49.4 Å². The van der Waals surface area contributed by atoms with Gasteiger partial charge in [0.05, 0.1) is 0 Å². The van der Waals surface area contributed by atoms with E-state index in [4.69, 9.17) is 0 Å². The molecule has 4 heteroatoms. The minimum absolute atomic E-state index is 0.0319. The number of piperazine rings is 1. The van der Waals surface area contributed by atoms with E-state index in [2.05, 4.69) is 12.2 Å². The van der Waals surface area contributed by atoms with Gasteiger partial charge in [0, 0.05) is 6.04 Å². The molecule has 1 saturated heterocycles. The van der Waals surface area contributed by atoms with Gasteiger partial charge in [0.15, 0.2) is 0 Å². The molecule has 0 bridgehead atoms. The van der Waals surface area contributed by atoms with Gasteiger partial charge in [-0.1, -0.05) is 26.2 Å². The monoisotopic (exact) mass is 292 g/mol. The highest BCUT2D eigenvalue weighted by molar-refractivity contribution is 6.00. The maximum atomic E-state index is 13.2. The van der Waals surface area contributed by atoms with Gasteiger partial charge in [0.25, 0.3) is 0 Å². The lowest BCUT2D eigenvalue weighted by Gasteiger charge is -2.50. The van der Waals surface area contributed by atoms with E-state index in [9.17, 15) is 9.59 Å². The molecule has 0 aromatic carbocycles. The molecule has 3 aliphatic rings. The standard InChI is InChI=1S/C17H28N2O2/c1-4-12-7-5-6-8-14(12)19-11(2)15(20)18-17(3,16(19)21)13-9-10-13/h11-14H,4-10H2,1-3H3,(H,18,20). The molecular weight excluding hydrogens is 264 g/mol. The molecule has 3 fully saturated rings. The third-order valence-electron chi connectivity index (χ3n) is 6.00. The van der Waals surface area contributed by atoms with Gasteiger partial charge in [0.2, 0.25) is 11.8 Å². The van der Waals surface area contributed by atoms with Crippen LogP contribution in [0.1, 0.15) is 65.7 Å². The fourth-order valence-electron chi connectivity index (χ4n) is 4.39. The third kappa shape index (κ3) is 2.36. The maximum Gasteiger partial charge on any atom is 0.249 e. The van der Waals surface area contributed by atoms with E-state index in [0.717, 1.165) is 25.7 Å². The molecule has 21 heavy (non-hydrogen) atoms. The normalized spacial score (nSPS) is 41.1. The highest BCUT2D eigenvalue weighted by Gasteiger charge is 2.56. The number of carbonyl (C=O) groups excluding carboxylic acids is 2. The first kappa shape index (κ1) is 14.9. The number of rotatable bonds is 3. The van der Waals surface area contributed by atoms with Crippen molar-refractivity contribution in [1.29, 1.82) is 0 Å². The van der Waals surface area contributed by atoms with Crippen molar-refractivity contribution in [2.75, 3.05) is 0 Å². The van der Waals surface area contributed by atoms with Crippen LogP contribution in [0.3, 0.4) is 0 Å². The van der Waals surface area contributed by atoms with Gasteiger partial charge in [-0.05, 0) is 51.4 Å². The van der Waals surface area contributed by atoms with Crippen LogP contribution in [0.15, 0.2) is 0 Å². The number of nitrogens with one attached hydrogen (secondary N) is 1. The van der Waals surface area contributed by atoms with Gasteiger partial charge in [-0.3, -0.25) is 9.59 Å². The molecule has 0 spiro atoms. The Morgan fingerprint density at radius 1 is 1.19 bits per heavy atom. The van der Waals surface area contributed by atoms with Crippen molar-refractivity contribution in [2.24, 2.45) is 11.8 Å². The minimum Gasteiger partial charge on any atom is -0.340 e. The predicted octanol–water partition coefficient (Wildman–Crippen LogP) is 2.47. The van der Waals surface area contributed by atoms with Crippen LogP contribution in [-0.2, 0) is 9.59 Å². The smallest absolute Gasteiger partial charge is 0.249 e. The van der Waals surface area contributed by atoms with E-state index < -0.39 is 5.54 Å². The summed E-state index contributed by atoms with van der Waals surface area (Å²) in [5, 5.41) is 3.03. The molecule has 0 radical (unpaired) electrons. The Morgan fingerprint density at radius 2 is 1.86 bits per heavy atom. The van der Waals surface area contributed by atoms with Gasteiger partial charge in [-0.25, -0.2) is 0 Å². The fourth-order valence-corrected chi connectivity index (χ4v) is 4.39. The zero-order valence-electron chi connectivity index (χ0n) is 13.5. The zero-order valence-corrected chi connectivity index (χ0v) is 13.5. The van der Waals surface area contributed by atoms with Crippen molar-refractivity contribution < 1.29 is 9.59 Å². The van der Waals surface area contributed by atoms with Crippen LogP contribution in [0.5, 0.6) is 0 Å². The largest absolute Gasteiger partial charge is 0.340 e. The second-order valence-electron chi connectivity index (χ2n) is 7.37. The van der Waals surface area contributed by atoms with Crippen LogP contribution < -0.4 is 5.32 Å². The quantitative estimate of drug-likeness (QED) is 0.868. The van der Waals surface area contributed by atoms with E-state index in [1.807, 2.05) is 18.7 Å². The summed E-state index contributed by atoms with van der Waals surface area (Å²) in [4.78, 5) is 27.5. The van der Waals surface area contributed by atoms with Gasteiger partial charge >= 0.3 is 0 Å². The predicted molar refractivity (Wildman–Crippen MR) is 81.6 cm³/mol. The minimum atomic E-state index is -0.653. The number of amides is 2. The molecule has 0 aromatic rings. The van der Waals surface area contributed by atoms with E-state index in [-0.39, 0.29) is 23.9 Å². The maximum absolute atomic E-state index is 13.2. The van der Waals surface area contributed by atoms with Crippen molar-refractivity contribution in [3.8, 4) is 0 Å². The Morgan fingerprint density at radius 3 is 2.48 bits per heavy atom. The van der Waals surface area contributed by atoms with E-state index in [1.165, 1.54) is 19.3 Å². The van der Waals surface area contributed by atoms with Crippen LogP contribution in [0.4, 0.5) is 0 Å². The van der Waals surface area contributed by atoms with Crippen molar-refractivity contribution in [3.05, 3.63) is 0 Å². The average Bonchev–Trinajstić information content (AvgIpc) is 3.31. The Hall–Kier alpha value is -1.06. The Bertz CT molecular complexity index is 446. The molecule has 1 aliphatic heterocycles. The summed E-state index contributed by atoms with van der Waals surface area (Å²) in [6.07, 6.45) is 7.92. The molecule has 4 unspecified atom stereocenters. The SMILES string of the molecule is CCC1CCCCC1N1C(=O)C(C)(C2CC2)NC(=O)C1C. The summed E-state index contributed by atoms with van der Waals surface area (Å²) in [7, 11) is 0. The Labute approximate surface area is 127 Å². The van der Waals surface area contributed by atoms with Crippen molar-refractivity contribution in [3.63, 3.8) is 0 Å². The van der Waals surface area contributed by atoms with Gasteiger partial charge in [-0.15, -0.1) is 0 Å². The zero-order chi connectivity index (χ0) is 15.2. The molecule has 3 rings (SSSR count). The van der Waals surface area contributed by atoms with Gasteiger partial charge < -0.3 is 10.2 Å². The molecule has 1 N–H and O–H groups in total. The van der Waals surface area contributed by atoms with E-state index >= 15 is 0 Å². The summed E-state index contributed by atoms with van der Waals surface area (Å²) in [5.41, 5.74) is -0.653. The summed E-state index contributed by atoms with van der Waals surface area (Å²) in [6, 6.07) is -0.0585. The van der Waals surface area contributed by atoms with Crippen molar-refractivity contribution in [1.82, 2.24) is 10.2 Å². The second kappa shape index (κ2) is 5.29.